The average Bonchev–Trinajstić information content (AvgIpc) is 2.09. The Morgan fingerprint density at radius 3 is 2.18 bits per heavy atom. The fraction of sp³-hybridized carbons (Fsp3) is 0.833. The van der Waals surface area contributed by atoms with E-state index in [4.69, 9.17) is 0 Å². The van der Waals surface area contributed by atoms with Crippen LogP contribution < -0.4 is 5.32 Å². The number of alkyl halides is 3. The van der Waals surface area contributed by atoms with Gasteiger partial charge in [-0.3, -0.25) is 0 Å². The van der Waals surface area contributed by atoms with Crippen LogP contribution in [0.5, 0.6) is 0 Å². The molecule has 0 aliphatic rings. The molecule has 17 heavy (non-hydrogen) atoms. The molecule has 5 heteroatoms. The SMILES string of the molecule is C=C(CNC(C)(C)C)CN(C)CCC(F)(F)F. The normalized spacial score (nSPS) is 13.2. The number of hydrogen-bond donors (Lipinski definition) is 1. The Labute approximate surface area is 102 Å². The summed E-state index contributed by atoms with van der Waals surface area (Å²) in [7, 11) is 1.67. The summed E-state index contributed by atoms with van der Waals surface area (Å²) < 4.78 is 36.0. The molecule has 0 aliphatic carbocycles. The van der Waals surface area contributed by atoms with Crippen LogP contribution in [0.1, 0.15) is 27.2 Å². The molecule has 0 aromatic heterocycles. The van der Waals surface area contributed by atoms with E-state index in [1.54, 1.807) is 11.9 Å². The van der Waals surface area contributed by atoms with Gasteiger partial charge in [-0.1, -0.05) is 6.58 Å². The molecule has 0 saturated carbocycles. The largest absolute Gasteiger partial charge is 0.390 e. The first-order valence-corrected chi connectivity index (χ1v) is 5.66. The van der Waals surface area contributed by atoms with Crippen LogP contribution in [0.25, 0.3) is 0 Å². The monoisotopic (exact) mass is 252 g/mol. The third kappa shape index (κ3) is 11.7. The highest BCUT2D eigenvalue weighted by molar-refractivity contribution is 5.00. The maximum atomic E-state index is 12.0. The summed E-state index contributed by atoms with van der Waals surface area (Å²) in [6.07, 6.45) is -4.86. The number of rotatable bonds is 6. The predicted octanol–water partition coefficient (Wildman–Crippen LogP) is 2.81. The van der Waals surface area contributed by atoms with Crippen LogP contribution in [0, 0.1) is 0 Å². The Morgan fingerprint density at radius 2 is 1.76 bits per heavy atom. The molecular weight excluding hydrogens is 229 g/mol. The van der Waals surface area contributed by atoms with Gasteiger partial charge in [-0.05, 0) is 33.4 Å². The number of likely N-dealkylation sites (N-methyl/N-ethyl adjacent to an activating group) is 1. The second-order valence-corrected chi connectivity index (χ2v) is 5.46. The van der Waals surface area contributed by atoms with E-state index in [2.05, 4.69) is 11.9 Å². The first-order chi connectivity index (χ1) is 7.49. The molecular formula is C12H23F3N2. The quantitative estimate of drug-likeness (QED) is 0.731. The Balaban J connectivity index is 3.81. The number of nitrogens with one attached hydrogen (secondary N) is 1. The zero-order valence-electron chi connectivity index (χ0n) is 11.1. The first-order valence-electron chi connectivity index (χ1n) is 5.66. The fourth-order valence-corrected chi connectivity index (χ4v) is 1.22. The minimum Gasteiger partial charge on any atom is -0.308 e. The summed E-state index contributed by atoms with van der Waals surface area (Å²) in [5.74, 6) is 0. The third-order valence-corrected chi connectivity index (χ3v) is 2.14. The second-order valence-electron chi connectivity index (χ2n) is 5.46. The highest BCUT2D eigenvalue weighted by Gasteiger charge is 2.27. The fourth-order valence-electron chi connectivity index (χ4n) is 1.22. The molecule has 0 fully saturated rings. The third-order valence-electron chi connectivity index (χ3n) is 2.14. The molecule has 0 spiro atoms. The Kier molecular flexibility index (Phi) is 6.19. The molecule has 0 unspecified atom stereocenters. The van der Waals surface area contributed by atoms with Gasteiger partial charge in [0.05, 0.1) is 6.42 Å². The first kappa shape index (κ1) is 16.4. The van der Waals surface area contributed by atoms with Crippen molar-refractivity contribution < 1.29 is 13.2 Å². The molecule has 0 bridgehead atoms. The van der Waals surface area contributed by atoms with Gasteiger partial charge >= 0.3 is 6.18 Å². The molecule has 102 valence electrons. The van der Waals surface area contributed by atoms with Crippen LogP contribution in [-0.4, -0.2) is 43.3 Å². The van der Waals surface area contributed by atoms with Crippen molar-refractivity contribution in [1.29, 1.82) is 0 Å². The van der Waals surface area contributed by atoms with Crippen molar-refractivity contribution in [3.63, 3.8) is 0 Å². The number of hydrogen-bond acceptors (Lipinski definition) is 2. The van der Waals surface area contributed by atoms with Gasteiger partial charge in [0.2, 0.25) is 0 Å². The minimum absolute atomic E-state index is 0.00647. The lowest BCUT2D eigenvalue weighted by molar-refractivity contribution is -0.137. The zero-order valence-corrected chi connectivity index (χ0v) is 11.1. The van der Waals surface area contributed by atoms with Gasteiger partial charge in [0.25, 0.3) is 0 Å². The lowest BCUT2D eigenvalue weighted by Crippen LogP contribution is -2.38. The Hall–Kier alpha value is -0.550. The van der Waals surface area contributed by atoms with Crippen LogP contribution in [0.4, 0.5) is 13.2 Å². The van der Waals surface area contributed by atoms with Gasteiger partial charge in [-0.25, -0.2) is 0 Å². The topological polar surface area (TPSA) is 15.3 Å². The average molecular weight is 252 g/mol. The van der Waals surface area contributed by atoms with E-state index in [0.29, 0.717) is 13.1 Å². The molecule has 0 rings (SSSR count). The highest BCUT2D eigenvalue weighted by atomic mass is 19.4. The van der Waals surface area contributed by atoms with E-state index in [-0.39, 0.29) is 12.1 Å². The van der Waals surface area contributed by atoms with E-state index >= 15 is 0 Å². The van der Waals surface area contributed by atoms with Gasteiger partial charge in [0.1, 0.15) is 0 Å². The van der Waals surface area contributed by atoms with Gasteiger partial charge in [-0.2, -0.15) is 13.2 Å². The van der Waals surface area contributed by atoms with Crippen molar-refractivity contribution in [1.82, 2.24) is 10.2 Å². The molecule has 1 N–H and O–H groups in total. The molecule has 2 nitrogen and oxygen atoms in total. The highest BCUT2D eigenvalue weighted by Crippen LogP contribution is 2.19. The van der Waals surface area contributed by atoms with Gasteiger partial charge in [0.15, 0.2) is 0 Å². The van der Waals surface area contributed by atoms with Crippen molar-refractivity contribution in [2.45, 2.75) is 38.9 Å². The van der Waals surface area contributed by atoms with Gasteiger partial charge < -0.3 is 10.2 Å². The van der Waals surface area contributed by atoms with Gasteiger partial charge in [-0.15, -0.1) is 0 Å². The molecule has 0 aliphatic heterocycles. The summed E-state index contributed by atoms with van der Waals surface area (Å²) in [5, 5.41) is 3.25. The summed E-state index contributed by atoms with van der Waals surface area (Å²) in [4.78, 5) is 1.64. The maximum Gasteiger partial charge on any atom is 0.390 e. The van der Waals surface area contributed by atoms with Crippen LogP contribution in [0.3, 0.4) is 0 Å². The zero-order chi connectivity index (χ0) is 13.7. The van der Waals surface area contributed by atoms with Crippen LogP contribution >= 0.6 is 0 Å². The molecule has 0 aromatic rings. The Bertz CT molecular complexity index is 241. The van der Waals surface area contributed by atoms with E-state index in [9.17, 15) is 13.2 Å². The van der Waals surface area contributed by atoms with E-state index in [1.807, 2.05) is 20.8 Å². The van der Waals surface area contributed by atoms with Crippen LogP contribution in [0.15, 0.2) is 12.2 Å². The summed E-state index contributed by atoms with van der Waals surface area (Å²) in [6, 6.07) is 0. The van der Waals surface area contributed by atoms with Crippen molar-refractivity contribution in [3.8, 4) is 0 Å². The standard InChI is InChI=1S/C12H23F3N2/c1-10(8-16-11(2,3)4)9-17(5)7-6-12(13,14)15/h16H,1,6-9H2,2-5H3. The van der Waals surface area contributed by atoms with E-state index < -0.39 is 12.6 Å². The van der Waals surface area contributed by atoms with Crippen molar-refractivity contribution in [2.75, 3.05) is 26.7 Å². The van der Waals surface area contributed by atoms with Crippen LogP contribution in [0.2, 0.25) is 0 Å². The van der Waals surface area contributed by atoms with Crippen molar-refractivity contribution in [2.24, 2.45) is 0 Å². The smallest absolute Gasteiger partial charge is 0.308 e. The van der Waals surface area contributed by atoms with Crippen LogP contribution in [-0.2, 0) is 0 Å². The molecule has 0 saturated heterocycles. The second kappa shape index (κ2) is 6.40. The lowest BCUT2D eigenvalue weighted by atomic mass is 10.1. The number of halogens is 3. The lowest BCUT2D eigenvalue weighted by Gasteiger charge is -2.24. The summed E-state index contributed by atoms with van der Waals surface area (Å²) in [5.41, 5.74) is 0.887. The molecule has 0 radical (unpaired) electrons. The molecule has 0 atom stereocenters. The van der Waals surface area contributed by atoms with Crippen molar-refractivity contribution >= 4 is 0 Å². The summed E-state index contributed by atoms with van der Waals surface area (Å²) in [6.45, 7) is 11.1. The minimum atomic E-state index is -4.08. The van der Waals surface area contributed by atoms with Gasteiger partial charge in [0, 0.05) is 25.2 Å². The number of nitrogens with zero attached hydrogens (tertiary/aromatic N) is 1. The Morgan fingerprint density at radius 1 is 1.24 bits per heavy atom. The summed E-state index contributed by atoms with van der Waals surface area (Å²) >= 11 is 0. The van der Waals surface area contributed by atoms with E-state index in [1.165, 1.54) is 0 Å². The van der Waals surface area contributed by atoms with Crippen molar-refractivity contribution in [3.05, 3.63) is 12.2 Å². The maximum absolute atomic E-state index is 12.0. The van der Waals surface area contributed by atoms with E-state index in [0.717, 1.165) is 5.57 Å². The predicted molar refractivity (Wildman–Crippen MR) is 65.1 cm³/mol. The molecule has 0 heterocycles. The molecule has 0 aromatic carbocycles. The molecule has 0 amide bonds.